The van der Waals surface area contributed by atoms with Crippen molar-refractivity contribution < 1.29 is 26.5 Å². The molecule has 3 atom stereocenters. The number of hydrogen-bond acceptors (Lipinski definition) is 8. The van der Waals surface area contributed by atoms with E-state index in [0.717, 1.165) is 32.6 Å². The number of carbonyl (C=O) groups excluding carboxylic acids is 1. The first-order valence-electron chi connectivity index (χ1n) is 10.9. The van der Waals surface area contributed by atoms with Gasteiger partial charge in [0.1, 0.15) is 18.3 Å². The lowest BCUT2D eigenvalue weighted by molar-refractivity contribution is 0.0613. The number of carbonyl (C=O) groups is 1. The predicted molar refractivity (Wildman–Crippen MR) is 118 cm³/mol. The van der Waals surface area contributed by atoms with Gasteiger partial charge in [0, 0.05) is 43.9 Å². The number of alkyl halides is 1. The van der Waals surface area contributed by atoms with Crippen molar-refractivity contribution in [3.8, 4) is 0 Å². The normalized spacial score (nSPS) is 24.1. The molecule has 1 saturated heterocycles. The second kappa shape index (κ2) is 10.2. The highest BCUT2D eigenvalue weighted by Gasteiger charge is 2.36. The molecule has 0 radical (unpaired) electrons. The summed E-state index contributed by atoms with van der Waals surface area (Å²) in [5, 5.41) is 7.85. The standard InChI is InChI=1S/C21H28FN5O5S/c22-18-7-15(12-32-33(23,29)30)8-19(18)26-21-17(9-24-13-25-21)20(28)16-1-4-27(11-16)10-14-2-5-31-6-3-14/h1,4,9,11,13-15,18-19H,2-3,5-8,10,12H2,(H2,23,29,30)(H,24,25,26)/t15-,18+,19-/m1/s1. The van der Waals surface area contributed by atoms with E-state index in [4.69, 9.17) is 9.88 Å². The number of nitrogens with one attached hydrogen (secondary N) is 1. The zero-order valence-corrected chi connectivity index (χ0v) is 18.9. The molecule has 2 aliphatic rings. The molecule has 1 saturated carbocycles. The second-order valence-corrected chi connectivity index (χ2v) is 9.87. The Hall–Kier alpha value is -2.41. The minimum atomic E-state index is -4.08. The molecule has 0 amide bonds. The molecular weight excluding hydrogens is 453 g/mol. The largest absolute Gasteiger partial charge is 0.381 e. The van der Waals surface area contributed by atoms with Crippen LogP contribution in [0.15, 0.2) is 31.0 Å². The molecule has 10 nitrogen and oxygen atoms in total. The van der Waals surface area contributed by atoms with Gasteiger partial charge < -0.3 is 14.6 Å². The zero-order chi connectivity index (χ0) is 23.4. The third kappa shape index (κ3) is 6.34. The first-order chi connectivity index (χ1) is 15.8. The van der Waals surface area contributed by atoms with E-state index in [2.05, 4.69) is 19.5 Å². The Morgan fingerprint density at radius 2 is 2.09 bits per heavy atom. The van der Waals surface area contributed by atoms with Gasteiger partial charge in [0.25, 0.3) is 0 Å². The summed E-state index contributed by atoms with van der Waals surface area (Å²) < 4.78 is 48.6. The molecule has 2 aromatic rings. The molecule has 3 N–H and O–H groups in total. The van der Waals surface area contributed by atoms with Crippen LogP contribution in [-0.2, 0) is 25.8 Å². The van der Waals surface area contributed by atoms with Gasteiger partial charge in [-0.15, -0.1) is 0 Å². The van der Waals surface area contributed by atoms with E-state index in [9.17, 15) is 17.6 Å². The SMILES string of the molecule is NS(=O)(=O)OC[C@@H]1C[C@H](F)[C@H](Nc2ncncc2C(=O)c2ccn(CC3CCOCC3)c2)C1. The van der Waals surface area contributed by atoms with Gasteiger partial charge in [-0.3, -0.25) is 8.98 Å². The Labute approximate surface area is 191 Å². The summed E-state index contributed by atoms with van der Waals surface area (Å²) in [4.78, 5) is 21.3. The zero-order valence-electron chi connectivity index (χ0n) is 18.1. The van der Waals surface area contributed by atoms with E-state index in [1.807, 2.05) is 17.0 Å². The molecule has 1 aliphatic carbocycles. The average Bonchev–Trinajstić information content (AvgIpc) is 3.39. The molecule has 0 aromatic carbocycles. The highest BCUT2D eigenvalue weighted by molar-refractivity contribution is 7.84. The van der Waals surface area contributed by atoms with E-state index < -0.39 is 22.5 Å². The number of ether oxygens (including phenoxy) is 1. The summed E-state index contributed by atoms with van der Waals surface area (Å²) in [5.74, 6) is 0.177. The lowest BCUT2D eigenvalue weighted by Gasteiger charge is -2.22. The van der Waals surface area contributed by atoms with Crippen molar-refractivity contribution in [2.75, 3.05) is 25.1 Å². The van der Waals surface area contributed by atoms with Crippen LogP contribution >= 0.6 is 0 Å². The number of ketones is 1. The maximum Gasteiger partial charge on any atom is 0.333 e. The minimum Gasteiger partial charge on any atom is -0.381 e. The Balaban J connectivity index is 1.41. The van der Waals surface area contributed by atoms with Crippen molar-refractivity contribution in [1.29, 1.82) is 0 Å². The van der Waals surface area contributed by atoms with Crippen molar-refractivity contribution >= 4 is 21.9 Å². The van der Waals surface area contributed by atoms with Crippen LogP contribution in [-0.4, -0.2) is 60.8 Å². The number of nitrogens with zero attached hydrogens (tertiary/aromatic N) is 3. The van der Waals surface area contributed by atoms with Crippen LogP contribution in [0, 0.1) is 11.8 Å². The first kappa shape index (κ1) is 23.7. The average molecular weight is 482 g/mol. The topological polar surface area (TPSA) is 138 Å². The molecule has 2 fully saturated rings. The van der Waals surface area contributed by atoms with Gasteiger partial charge in [-0.25, -0.2) is 19.5 Å². The number of rotatable bonds is 9. The van der Waals surface area contributed by atoms with Gasteiger partial charge in [0.05, 0.1) is 18.2 Å². The van der Waals surface area contributed by atoms with E-state index in [-0.39, 0.29) is 36.1 Å². The molecule has 33 heavy (non-hydrogen) atoms. The summed E-state index contributed by atoms with van der Waals surface area (Å²) in [6, 6.07) is 1.12. The quantitative estimate of drug-likeness (QED) is 0.516. The van der Waals surface area contributed by atoms with Crippen molar-refractivity contribution in [2.45, 2.75) is 44.4 Å². The highest BCUT2D eigenvalue weighted by Crippen LogP contribution is 2.32. The summed E-state index contributed by atoms with van der Waals surface area (Å²) in [7, 11) is -4.08. The van der Waals surface area contributed by atoms with E-state index in [1.165, 1.54) is 12.5 Å². The van der Waals surface area contributed by atoms with Gasteiger partial charge in [0.15, 0.2) is 5.78 Å². The molecule has 2 aromatic heterocycles. The lowest BCUT2D eigenvalue weighted by atomic mass is 10.0. The molecule has 4 rings (SSSR count). The molecule has 12 heteroatoms. The van der Waals surface area contributed by atoms with Crippen LogP contribution in [0.5, 0.6) is 0 Å². The number of halogens is 1. The number of nitrogens with two attached hydrogens (primary N) is 1. The Kier molecular flexibility index (Phi) is 7.37. The summed E-state index contributed by atoms with van der Waals surface area (Å²) in [6.07, 6.45) is 7.57. The van der Waals surface area contributed by atoms with Gasteiger partial charge >= 0.3 is 10.3 Å². The van der Waals surface area contributed by atoms with Crippen LogP contribution in [0.25, 0.3) is 0 Å². The molecule has 0 spiro atoms. The van der Waals surface area contributed by atoms with Gasteiger partial charge in [-0.05, 0) is 43.6 Å². The maximum atomic E-state index is 14.6. The Morgan fingerprint density at radius 1 is 1.30 bits per heavy atom. The van der Waals surface area contributed by atoms with Gasteiger partial charge in [0.2, 0.25) is 0 Å². The summed E-state index contributed by atoms with van der Waals surface area (Å²) in [5.41, 5.74) is 0.750. The molecule has 0 bridgehead atoms. The first-order valence-corrected chi connectivity index (χ1v) is 12.4. The molecule has 3 heterocycles. The number of hydrogen-bond donors (Lipinski definition) is 2. The smallest absolute Gasteiger partial charge is 0.333 e. The summed E-state index contributed by atoms with van der Waals surface area (Å²) in [6.45, 7) is 2.16. The monoisotopic (exact) mass is 481 g/mol. The molecule has 0 unspecified atom stereocenters. The third-order valence-corrected chi connectivity index (χ3v) is 6.62. The number of aromatic nitrogens is 3. The minimum absolute atomic E-state index is 0.122. The maximum absolute atomic E-state index is 14.6. The van der Waals surface area contributed by atoms with Crippen LogP contribution < -0.4 is 10.5 Å². The van der Waals surface area contributed by atoms with Crippen LogP contribution in [0.3, 0.4) is 0 Å². The number of anilines is 1. The summed E-state index contributed by atoms with van der Waals surface area (Å²) >= 11 is 0. The van der Waals surface area contributed by atoms with Crippen LogP contribution in [0.4, 0.5) is 10.2 Å². The van der Waals surface area contributed by atoms with Crippen molar-refractivity contribution in [1.82, 2.24) is 14.5 Å². The fraction of sp³-hybridized carbons (Fsp3) is 0.571. The molecule has 180 valence electrons. The predicted octanol–water partition coefficient (Wildman–Crippen LogP) is 1.68. The van der Waals surface area contributed by atoms with Crippen LogP contribution in [0.2, 0.25) is 0 Å². The highest BCUT2D eigenvalue weighted by atomic mass is 32.2. The van der Waals surface area contributed by atoms with Gasteiger partial charge in [-0.2, -0.15) is 8.42 Å². The van der Waals surface area contributed by atoms with Crippen LogP contribution in [0.1, 0.15) is 41.6 Å². The van der Waals surface area contributed by atoms with Gasteiger partial charge in [-0.1, -0.05) is 0 Å². The third-order valence-electron chi connectivity index (χ3n) is 6.15. The molecule has 1 aliphatic heterocycles. The van der Waals surface area contributed by atoms with E-state index >= 15 is 0 Å². The van der Waals surface area contributed by atoms with E-state index in [0.29, 0.717) is 17.9 Å². The van der Waals surface area contributed by atoms with Crippen molar-refractivity contribution in [3.05, 3.63) is 42.1 Å². The van der Waals surface area contributed by atoms with Crippen molar-refractivity contribution in [3.63, 3.8) is 0 Å². The van der Waals surface area contributed by atoms with Crippen molar-refractivity contribution in [2.24, 2.45) is 17.0 Å². The fourth-order valence-corrected chi connectivity index (χ4v) is 4.80. The van der Waals surface area contributed by atoms with E-state index in [1.54, 1.807) is 6.07 Å². The Bertz CT molecular complexity index is 1070. The molecular formula is C21H28FN5O5S. The second-order valence-electron chi connectivity index (χ2n) is 8.65. The lowest BCUT2D eigenvalue weighted by Crippen LogP contribution is -2.27. The Morgan fingerprint density at radius 3 is 2.85 bits per heavy atom. The fourth-order valence-electron chi connectivity index (χ4n) is 4.42.